The maximum atomic E-state index is 10.5. The second-order valence-electron chi connectivity index (χ2n) is 2.97. The molecule has 1 rings (SSSR count). The van der Waals surface area contributed by atoms with Gasteiger partial charge in [-0.2, -0.15) is 0 Å². The summed E-state index contributed by atoms with van der Waals surface area (Å²) in [4.78, 5) is 29.6. The predicted octanol–water partition coefficient (Wildman–Crippen LogP) is 0.694. The average Bonchev–Trinajstić information content (AvgIpc) is 2.25. The number of carboxylic acids is 1. The van der Waals surface area contributed by atoms with Crippen molar-refractivity contribution in [1.29, 1.82) is 0 Å². The highest BCUT2D eigenvalue weighted by Crippen LogP contribution is 2.16. The van der Waals surface area contributed by atoms with Crippen molar-refractivity contribution in [3.8, 4) is 0 Å². The van der Waals surface area contributed by atoms with Crippen molar-refractivity contribution in [2.45, 2.75) is 6.17 Å². The fourth-order valence-electron chi connectivity index (χ4n) is 1.04. The first kappa shape index (κ1) is 12.4. The van der Waals surface area contributed by atoms with Gasteiger partial charge in [0.25, 0.3) is 5.69 Å². The highest BCUT2D eigenvalue weighted by atomic mass is 16.6. The molecule has 0 heterocycles. The third kappa shape index (κ3) is 3.12. The zero-order chi connectivity index (χ0) is 13.0. The van der Waals surface area contributed by atoms with Gasteiger partial charge in [-0.15, -0.1) is 0 Å². The second-order valence-corrected chi connectivity index (χ2v) is 2.97. The molecule has 90 valence electrons. The van der Waals surface area contributed by atoms with Gasteiger partial charge in [0.15, 0.2) is 0 Å². The van der Waals surface area contributed by atoms with E-state index in [4.69, 9.17) is 5.11 Å². The van der Waals surface area contributed by atoms with Crippen LogP contribution < -0.4 is 5.32 Å². The molecule has 1 atom stereocenters. The van der Waals surface area contributed by atoms with Crippen LogP contribution in [0.1, 0.15) is 0 Å². The molecule has 0 saturated heterocycles. The summed E-state index contributed by atoms with van der Waals surface area (Å²) in [6, 6.07) is 4.61. The molecule has 0 aliphatic carbocycles. The summed E-state index contributed by atoms with van der Waals surface area (Å²) in [5, 5.41) is 31.4. The van der Waals surface area contributed by atoms with Crippen LogP contribution >= 0.6 is 0 Å². The number of carboxylic acid groups (broad SMARTS) is 1. The molecule has 0 saturated carbocycles. The number of nitro groups is 2. The Kier molecular flexibility index (Phi) is 3.55. The molecular weight excluding hydrogens is 234 g/mol. The van der Waals surface area contributed by atoms with E-state index >= 15 is 0 Å². The molecule has 0 radical (unpaired) electrons. The molecule has 1 aromatic rings. The molecular formula is C8H7N3O6. The summed E-state index contributed by atoms with van der Waals surface area (Å²) < 4.78 is 0. The fraction of sp³-hybridized carbons (Fsp3) is 0.125. The average molecular weight is 241 g/mol. The van der Waals surface area contributed by atoms with Crippen LogP contribution in [0.5, 0.6) is 0 Å². The fourth-order valence-corrected chi connectivity index (χ4v) is 1.04. The monoisotopic (exact) mass is 241 g/mol. The normalized spacial score (nSPS) is 11.5. The molecule has 0 fully saturated rings. The Morgan fingerprint density at radius 1 is 1.24 bits per heavy atom. The molecule has 0 aliphatic heterocycles. The molecule has 0 aliphatic rings. The number of hydrogen-bond acceptors (Lipinski definition) is 6. The quantitative estimate of drug-likeness (QED) is 0.439. The van der Waals surface area contributed by atoms with Crippen LogP contribution in [-0.4, -0.2) is 27.1 Å². The maximum absolute atomic E-state index is 10.5. The smallest absolute Gasteiger partial charge is 0.401 e. The maximum Gasteiger partial charge on any atom is 0.401 e. The molecule has 0 spiro atoms. The SMILES string of the molecule is O=C(O)[C@@H](Nc1ccc([N+](=O)[O-])cc1)[N+](=O)[O-]. The number of benzene rings is 1. The number of nitro benzene ring substituents is 1. The van der Waals surface area contributed by atoms with Crippen molar-refractivity contribution in [3.63, 3.8) is 0 Å². The van der Waals surface area contributed by atoms with Crippen molar-refractivity contribution < 1.29 is 19.7 Å². The zero-order valence-electron chi connectivity index (χ0n) is 8.27. The van der Waals surface area contributed by atoms with Gasteiger partial charge < -0.3 is 10.4 Å². The molecule has 1 aromatic carbocycles. The van der Waals surface area contributed by atoms with Gasteiger partial charge in [0.2, 0.25) is 0 Å². The summed E-state index contributed by atoms with van der Waals surface area (Å²) in [6.45, 7) is 0. The van der Waals surface area contributed by atoms with Crippen LogP contribution in [-0.2, 0) is 4.79 Å². The van der Waals surface area contributed by atoms with E-state index in [-0.39, 0.29) is 11.4 Å². The summed E-state index contributed by atoms with van der Waals surface area (Å²) in [6.07, 6.45) is -1.99. The van der Waals surface area contributed by atoms with Gasteiger partial charge in [-0.05, 0) is 12.1 Å². The zero-order valence-corrected chi connectivity index (χ0v) is 8.27. The highest BCUT2D eigenvalue weighted by Gasteiger charge is 2.28. The minimum atomic E-state index is -1.99. The lowest BCUT2D eigenvalue weighted by Crippen LogP contribution is -2.36. The Morgan fingerprint density at radius 2 is 1.76 bits per heavy atom. The van der Waals surface area contributed by atoms with E-state index in [1.807, 2.05) is 0 Å². The Hall–Kier alpha value is -2.71. The van der Waals surface area contributed by atoms with Crippen molar-refractivity contribution in [2.75, 3.05) is 5.32 Å². The highest BCUT2D eigenvalue weighted by molar-refractivity contribution is 5.75. The largest absolute Gasteiger partial charge is 0.475 e. The summed E-state index contributed by atoms with van der Waals surface area (Å²) in [5.41, 5.74) is -0.0803. The van der Waals surface area contributed by atoms with E-state index in [2.05, 4.69) is 5.32 Å². The van der Waals surface area contributed by atoms with Gasteiger partial charge in [0, 0.05) is 17.8 Å². The molecule has 2 N–H and O–H groups in total. The van der Waals surface area contributed by atoms with E-state index in [0.717, 1.165) is 12.1 Å². The number of hydrogen-bond donors (Lipinski definition) is 2. The molecule has 9 heteroatoms. The van der Waals surface area contributed by atoms with Crippen LogP contribution in [0.3, 0.4) is 0 Å². The molecule has 17 heavy (non-hydrogen) atoms. The lowest BCUT2D eigenvalue weighted by Gasteiger charge is -2.07. The Labute approximate surface area is 94.0 Å². The lowest BCUT2D eigenvalue weighted by molar-refractivity contribution is -0.502. The van der Waals surface area contributed by atoms with E-state index < -0.39 is 22.0 Å². The third-order valence-electron chi connectivity index (χ3n) is 1.83. The standard InChI is InChI=1S/C8H7N3O6/c12-8(13)7(11(16)17)9-5-1-3-6(4-2-5)10(14)15/h1-4,7,9H,(H,12,13)/t7-/m0/s1. The van der Waals surface area contributed by atoms with Gasteiger partial charge in [-0.3, -0.25) is 20.2 Å². The first-order chi connectivity index (χ1) is 7.91. The number of rotatable bonds is 5. The molecule has 0 amide bonds. The van der Waals surface area contributed by atoms with Gasteiger partial charge >= 0.3 is 12.1 Å². The van der Waals surface area contributed by atoms with Crippen molar-refractivity contribution >= 4 is 17.3 Å². The van der Waals surface area contributed by atoms with Crippen molar-refractivity contribution in [3.05, 3.63) is 44.5 Å². The lowest BCUT2D eigenvalue weighted by atomic mass is 10.3. The van der Waals surface area contributed by atoms with Crippen LogP contribution in [0.15, 0.2) is 24.3 Å². The van der Waals surface area contributed by atoms with Crippen LogP contribution in [0.2, 0.25) is 0 Å². The van der Waals surface area contributed by atoms with Crippen molar-refractivity contribution in [2.24, 2.45) is 0 Å². The second kappa shape index (κ2) is 4.88. The first-order valence-electron chi connectivity index (χ1n) is 4.29. The van der Waals surface area contributed by atoms with Crippen LogP contribution in [0, 0.1) is 20.2 Å². The summed E-state index contributed by atoms with van der Waals surface area (Å²) in [5.74, 6) is -1.65. The van der Waals surface area contributed by atoms with Crippen LogP contribution in [0.4, 0.5) is 11.4 Å². The number of nitrogens with zero attached hydrogens (tertiary/aromatic N) is 2. The molecule has 0 aromatic heterocycles. The van der Waals surface area contributed by atoms with E-state index in [1.54, 1.807) is 0 Å². The Balaban J connectivity index is 2.84. The number of carbonyl (C=O) groups is 1. The van der Waals surface area contributed by atoms with E-state index in [0.29, 0.717) is 0 Å². The Morgan fingerprint density at radius 3 is 2.12 bits per heavy atom. The predicted molar refractivity (Wildman–Crippen MR) is 55.1 cm³/mol. The van der Waals surface area contributed by atoms with Gasteiger partial charge in [-0.1, -0.05) is 0 Å². The van der Waals surface area contributed by atoms with Crippen molar-refractivity contribution in [1.82, 2.24) is 0 Å². The summed E-state index contributed by atoms with van der Waals surface area (Å²) in [7, 11) is 0. The Bertz CT molecular complexity index is 443. The van der Waals surface area contributed by atoms with Gasteiger partial charge in [0.1, 0.15) is 0 Å². The molecule has 9 nitrogen and oxygen atoms in total. The van der Waals surface area contributed by atoms with E-state index in [1.165, 1.54) is 12.1 Å². The minimum absolute atomic E-state index is 0.111. The molecule has 0 unspecified atom stereocenters. The van der Waals surface area contributed by atoms with Crippen LogP contribution in [0.25, 0.3) is 0 Å². The van der Waals surface area contributed by atoms with Gasteiger partial charge in [0.05, 0.1) is 9.85 Å². The molecule has 0 bridgehead atoms. The number of nitrogens with one attached hydrogen (secondary N) is 1. The van der Waals surface area contributed by atoms with Gasteiger partial charge in [-0.25, -0.2) is 4.79 Å². The van der Waals surface area contributed by atoms with E-state index in [9.17, 15) is 25.0 Å². The number of aliphatic carboxylic acids is 1. The third-order valence-corrected chi connectivity index (χ3v) is 1.83. The topological polar surface area (TPSA) is 136 Å². The summed E-state index contributed by atoms with van der Waals surface area (Å²) >= 11 is 0. The number of anilines is 1. The minimum Gasteiger partial charge on any atom is -0.475 e. The first-order valence-corrected chi connectivity index (χ1v) is 4.29. The number of non-ortho nitro benzene ring substituents is 1.